The molecule has 2 aliphatic rings. The van der Waals surface area contributed by atoms with Gasteiger partial charge in [0.05, 0.1) is 23.3 Å². The van der Waals surface area contributed by atoms with Crippen molar-refractivity contribution in [3.63, 3.8) is 0 Å². The Morgan fingerprint density at radius 2 is 1.85 bits per heavy atom. The van der Waals surface area contributed by atoms with Crippen molar-refractivity contribution < 1.29 is 4.39 Å². The van der Waals surface area contributed by atoms with Gasteiger partial charge in [0.2, 0.25) is 0 Å². The van der Waals surface area contributed by atoms with Crippen LogP contribution in [0.25, 0.3) is 22.6 Å². The molecule has 136 valence electrons. The molecule has 1 saturated heterocycles. The molecule has 1 saturated carbocycles. The Hall–Kier alpha value is -2.80. The minimum absolute atomic E-state index is 0.316. The number of piperidine rings is 1. The van der Waals surface area contributed by atoms with Crippen LogP contribution in [0.2, 0.25) is 0 Å². The second-order valence-electron chi connectivity index (χ2n) is 7.85. The second kappa shape index (κ2) is 5.13. The third kappa shape index (κ3) is 2.18. The van der Waals surface area contributed by atoms with Gasteiger partial charge in [-0.05, 0) is 56.5 Å². The molecule has 0 radical (unpaired) electrons. The molecule has 0 spiro atoms. The summed E-state index contributed by atoms with van der Waals surface area (Å²) in [6.45, 7) is 6.03. The maximum atomic E-state index is 14.8. The molecule has 0 amide bonds. The van der Waals surface area contributed by atoms with E-state index in [1.807, 2.05) is 42.9 Å². The summed E-state index contributed by atoms with van der Waals surface area (Å²) in [6.07, 6.45) is 5.79. The summed E-state index contributed by atoms with van der Waals surface area (Å²) < 4.78 is 18.4. The number of imidazole rings is 2. The average Bonchev–Trinajstić information content (AvgIpc) is 3.07. The SMILES string of the molecule is Cc1cn2nc(-c3cc(F)c4nc(C5[C@H]6CNC[C@@H]56)cn4c3)cc(C)c2n1. The predicted molar refractivity (Wildman–Crippen MR) is 99.2 cm³/mol. The quantitative estimate of drug-likeness (QED) is 0.596. The van der Waals surface area contributed by atoms with Crippen molar-refractivity contribution in [1.29, 1.82) is 0 Å². The maximum absolute atomic E-state index is 14.8. The van der Waals surface area contributed by atoms with Crippen molar-refractivity contribution in [2.45, 2.75) is 19.8 Å². The van der Waals surface area contributed by atoms with Crippen LogP contribution in [-0.2, 0) is 0 Å². The molecule has 7 heteroatoms. The first kappa shape index (κ1) is 15.3. The normalized spacial score (nSPS) is 24.0. The van der Waals surface area contributed by atoms with Crippen molar-refractivity contribution in [2.75, 3.05) is 13.1 Å². The van der Waals surface area contributed by atoms with Gasteiger partial charge in [0.15, 0.2) is 17.1 Å². The number of fused-ring (bicyclic) bond motifs is 3. The Morgan fingerprint density at radius 3 is 2.67 bits per heavy atom. The highest BCUT2D eigenvalue weighted by molar-refractivity contribution is 5.64. The fourth-order valence-corrected chi connectivity index (χ4v) is 4.62. The van der Waals surface area contributed by atoms with Gasteiger partial charge < -0.3 is 9.72 Å². The second-order valence-corrected chi connectivity index (χ2v) is 7.85. The summed E-state index contributed by atoms with van der Waals surface area (Å²) in [6, 6.07) is 3.48. The summed E-state index contributed by atoms with van der Waals surface area (Å²) in [7, 11) is 0. The van der Waals surface area contributed by atoms with Gasteiger partial charge in [0.25, 0.3) is 0 Å². The molecule has 5 heterocycles. The van der Waals surface area contributed by atoms with Crippen LogP contribution in [0.1, 0.15) is 22.9 Å². The molecular formula is C20H19FN6. The molecule has 27 heavy (non-hydrogen) atoms. The van der Waals surface area contributed by atoms with E-state index in [2.05, 4.69) is 20.4 Å². The van der Waals surface area contributed by atoms with Gasteiger partial charge in [-0.1, -0.05) is 0 Å². The first-order chi connectivity index (χ1) is 13.1. The molecule has 2 fully saturated rings. The Bertz CT molecular complexity index is 1210. The van der Waals surface area contributed by atoms with Gasteiger partial charge in [0.1, 0.15) is 0 Å². The number of halogens is 1. The molecule has 0 bridgehead atoms. The fraction of sp³-hybridized carbons (Fsp3) is 0.350. The minimum Gasteiger partial charge on any atom is -0.316 e. The van der Waals surface area contributed by atoms with E-state index >= 15 is 0 Å². The lowest BCUT2D eigenvalue weighted by Gasteiger charge is -2.06. The highest BCUT2D eigenvalue weighted by Crippen LogP contribution is 2.55. The number of aryl methyl sites for hydroxylation is 2. The van der Waals surface area contributed by atoms with E-state index < -0.39 is 0 Å². The monoisotopic (exact) mass is 362 g/mol. The van der Waals surface area contributed by atoms with Crippen LogP contribution in [-0.4, -0.2) is 37.1 Å². The van der Waals surface area contributed by atoms with Gasteiger partial charge in [0, 0.05) is 23.9 Å². The largest absolute Gasteiger partial charge is 0.316 e. The molecule has 4 aromatic rings. The highest BCUT2D eigenvalue weighted by atomic mass is 19.1. The summed E-state index contributed by atoms with van der Waals surface area (Å²) in [4.78, 5) is 9.07. The van der Waals surface area contributed by atoms with Crippen molar-refractivity contribution in [3.8, 4) is 11.3 Å². The predicted octanol–water partition coefficient (Wildman–Crippen LogP) is 2.73. The average molecular weight is 362 g/mol. The molecule has 1 aliphatic carbocycles. The topological polar surface area (TPSA) is 59.5 Å². The highest BCUT2D eigenvalue weighted by Gasteiger charge is 2.54. The number of hydrogen-bond donors (Lipinski definition) is 1. The van der Waals surface area contributed by atoms with Gasteiger partial charge in [-0.3, -0.25) is 0 Å². The van der Waals surface area contributed by atoms with Crippen molar-refractivity contribution in [3.05, 3.63) is 53.5 Å². The molecule has 1 aliphatic heterocycles. The summed E-state index contributed by atoms with van der Waals surface area (Å²) in [5.41, 5.74) is 5.61. The molecular weight excluding hydrogens is 343 g/mol. The molecule has 6 nitrogen and oxygen atoms in total. The zero-order valence-corrected chi connectivity index (χ0v) is 15.1. The van der Waals surface area contributed by atoms with Crippen LogP contribution < -0.4 is 5.32 Å². The number of pyridine rings is 1. The van der Waals surface area contributed by atoms with Crippen LogP contribution in [0.15, 0.2) is 30.7 Å². The Labute approximate surface area is 155 Å². The standard InChI is InChI=1S/C20H19FN6/c1-10-3-16(25-27-7-11(2)23-19(10)27)12-4-15(21)20-24-17(9-26(20)8-12)18-13-5-22-6-14(13)18/h3-4,7-9,13-14,18,22H,5-6H2,1-2H3/t13-,14+,18?. The molecule has 6 rings (SSSR count). The first-order valence-corrected chi connectivity index (χ1v) is 9.31. The molecule has 0 aromatic carbocycles. The van der Waals surface area contributed by atoms with Crippen molar-refractivity contribution in [1.82, 2.24) is 29.3 Å². The van der Waals surface area contributed by atoms with Gasteiger partial charge in [-0.25, -0.2) is 18.9 Å². The molecule has 1 N–H and O–H groups in total. The van der Waals surface area contributed by atoms with Crippen LogP contribution in [0.3, 0.4) is 0 Å². The smallest absolute Gasteiger partial charge is 0.173 e. The summed E-state index contributed by atoms with van der Waals surface area (Å²) in [5.74, 6) is 1.48. The number of hydrogen-bond acceptors (Lipinski definition) is 4. The maximum Gasteiger partial charge on any atom is 0.173 e. The van der Waals surface area contributed by atoms with Gasteiger partial charge >= 0.3 is 0 Å². The molecule has 3 atom stereocenters. The van der Waals surface area contributed by atoms with Crippen LogP contribution in [0.4, 0.5) is 4.39 Å². The van der Waals surface area contributed by atoms with E-state index in [0.717, 1.165) is 46.9 Å². The van der Waals surface area contributed by atoms with Crippen LogP contribution in [0, 0.1) is 31.5 Å². The van der Waals surface area contributed by atoms with Crippen molar-refractivity contribution in [2.24, 2.45) is 11.8 Å². The molecule has 4 aromatic heterocycles. The lowest BCUT2D eigenvalue weighted by Crippen LogP contribution is -2.14. The zero-order chi connectivity index (χ0) is 18.3. The van der Waals surface area contributed by atoms with Crippen LogP contribution in [0.5, 0.6) is 0 Å². The lowest BCUT2D eigenvalue weighted by molar-refractivity contribution is 0.629. The van der Waals surface area contributed by atoms with E-state index in [-0.39, 0.29) is 5.82 Å². The van der Waals surface area contributed by atoms with Gasteiger partial charge in [-0.2, -0.15) is 5.10 Å². The van der Waals surface area contributed by atoms with E-state index in [4.69, 9.17) is 0 Å². The zero-order valence-electron chi connectivity index (χ0n) is 15.1. The summed E-state index contributed by atoms with van der Waals surface area (Å²) in [5, 5.41) is 8.02. The third-order valence-corrected chi connectivity index (χ3v) is 5.98. The minimum atomic E-state index is -0.316. The van der Waals surface area contributed by atoms with E-state index in [9.17, 15) is 4.39 Å². The number of aromatic nitrogens is 5. The van der Waals surface area contributed by atoms with Crippen LogP contribution >= 0.6 is 0 Å². The van der Waals surface area contributed by atoms with Gasteiger partial charge in [-0.15, -0.1) is 0 Å². The Morgan fingerprint density at radius 1 is 1.04 bits per heavy atom. The number of nitrogens with one attached hydrogen (secondary N) is 1. The number of rotatable bonds is 2. The van der Waals surface area contributed by atoms with E-state index in [1.54, 1.807) is 4.52 Å². The first-order valence-electron chi connectivity index (χ1n) is 9.31. The van der Waals surface area contributed by atoms with E-state index in [1.165, 1.54) is 6.07 Å². The third-order valence-electron chi connectivity index (χ3n) is 5.98. The van der Waals surface area contributed by atoms with Crippen molar-refractivity contribution >= 4 is 11.3 Å². The lowest BCUT2D eigenvalue weighted by atomic mass is 10.1. The summed E-state index contributed by atoms with van der Waals surface area (Å²) >= 11 is 0. The fourth-order valence-electron chi connectivity index (χ4n) is 4.62. The Balaban J connectivity index is 1.46. The Kier molecular flexibility index (Phi) is 2.90. The molecule has 1 unspecified atom stereocenters. The number of nitrogens with zero attached hydrogens (tertiary/aromatic N) is 5. The van der Waals surface area contributed by atoms with E-state index in [0.29, 0.717) is 23.4 Å².